The molecule has 92 valence electrons. The van der Waals surface area contributed by atoms with E-state index in [2.05, 4.69) is 5.32 Å². The van der Waals surface area contributed by atoms with Crippen LogP contribution in [0.25, 0.3) is 0 Å². The molecular formula is C12H9ClN2O3. The number of rotatable bonds is 2. The van der Waals surface area contributed by atoms with Crippen LogP contribution in [0.4, 0.5) is 0 Å². The summed E-state index contributed by atoms with van der Waals surface area (Å²) in [6.07, 6.45) is 0. The normalized spacial score (nSPS) is 25.8. The van der Waals surface area contributed by atoms with Crippen LogP contribution in [0.15, 0.2) is 24.3 Å². The molecule has 2 heterocycles. The number of halogens is 1. The maximum absolute atomic E-state index is 12.1. The van der Waals surface area contributed by atoms with Gasteiger partial charge in [0.15, 0.2) is 0 Å². The van der Waals surface area contributed by atoms with Crippen molar-refractivity contribution in [2.45, 2.75) is 12.1 Å². The SMILES string of the molecule is O=C1NC(CCl)C1N1C(=O)c2ccccc2C1=O. The highest BCUT2D eigenvalue weighted by Gasteiger charge is 2.51. The molecule has 3 amide bonds. The molecule has 2 aliphatic rings. The van der Waals surface area contributed by atoms with Gasteiger partial charge in [0.25, 0.3) is 11.8 Å². The summed E-state index contributed by atoms with van der Waals surface area (Å²) in [5.74, 6) is -1.02. The highest BCUT2D eigenvalue weighted by molar-refractivity contribution is 6.24. The van der Waals surface area contributed by atoms with E-state index in [0.29, 0.717) is 11.1 Å². The van der Waals surface area contributed by atoms with Gasteiger partial charge in [0, 0.05) is 5.88 Å². The van der Waals surface area contributed by atoms with Crippen LogP contribution in [0.2, 0.25) is 0 Å². The minimum Gasteiger partial charge on any atom is -0.348 e. The van der Waals surface area contributed by atoms with Gasteiger partial charge in [0.1, 0.15) is 6.04 Å². The first kappa shape index (κ1) is 11.2. The molecule has 0 aliphatic carbocycles. The van der Waals surface area contributed by atoms with Crippen LogP contribution in [0.5, 0.6) is 0 Å². The molecular weight excluding hydrogens is 256 g/mol. The van der Waals surface area contributed by atoms with Gasteiger partial charge >= 0.3 is 0 Å². The molecule has 1 fully saturated rings. The highest BCUT2D eigenvalue weighted by atomic mass is 35.5. The number of fused-ring (bicyclic) bond motifs is 1. The Balaban J connectivity index is 2.00. The van der Waals surface area contributed by atoms with Crippen LogP contribution in [0.3, 0.4) is 0 Å². The van der Waals surface area contributed by atoms with Crippen LogP contribution in [0.1, 0.15) is 20.7 Å². The lowest BCUT2D eigenvalue weighted by atomic mass is 9.99. The topological polar surface area (TPSA) is 66.5 Å². The van der Waals surface area contributed by atoms with Crippen molar-refractivity contribution in [3.8, 4) is 0 Å². The van der Waals surface area contributed by atoms with E-state index in [1.165, 1.54) is 0 Å². The fourth-order valence-electron chi connectivity index (χ4n) is 2.31. The summed E-state index contributed by atoms with van der Waals surface area (Å²) in [6, 6.07) is 5.40. The van der Waals surface area contributed by atoms with Crippen LogP contribution in [-0.4, -0.2) is 40.6 Å². The first-order valence-corrected chi connectivity index (χ1v) is 6.02. The van der Waals surface area contributed by atoms with Gasteiger partial charge in [-0.05, 0) is 12.1 Å². The number of carbonyl (C=O) groups is 3. The maximum Gasteiger partial charge on any atom is 0.262 e. The molecule has 1 aromatic rings. The van der Waals surface area contributed by atoms with Crippen molar-refractivity contribution in [3.05, 3.63) is 35.4 Å². The van der Waals surface area contributed by atoms with Gasteiger partial charge in [-0.15, -0.1) is 11.6 Å². The zero-order chi connectivity index (χ0) is 12.9. The average Bonchev–Trinajstić information content (AvgIpc) is 2.62. The van der Waals surface area contributed by atoms with Gasteiger partial charge < -0.3 is 5.32 Å². The predicted octanol–water partition coefficient (Wildman–Crippen LogP) is 0.388. The number of nitrogens with zero attached hydrogens (tertiary/aromatic N) is 1. The van der Waals surface area contributed by atoms with Crippen molar-refractivity contribution in [3.63, 3.8) is 0 Å². The van der Waals surface area contributed by atoms with Crippen LogP contribution >= 0.6 is 11.6 Å². The fourth-order valence-corrected chi connectivity index (χ4v) is 2.56. The molecule has 0 bridgehead atoms. The van der Waals surface area contributed by atoms with E-state index < -0.39 is 17.9 Å². The molecule has 0 radical (unpaired) electrons. The van der Waals surface area contributed by atoms with E-state index in [9.17, 15) is 14.4 Å². The third kappa shape index (κ3) is 1.31. The van der Waals surface area contributed by atoms with Gasteiger partial charge in [-0.3, -0.25) is 19.3 Å². The number of amides is 3. The van der Waals surface area contributed by atoms with Crippen molar-refractivity contribution < 1.29 is 14.4 Å². The summed E-state index contributed by atoms with van der Waals surface area (Å²) in [6.45, 7) is 0. The monoisotopic (exact) mass is 264 g/mol. The Hall–Kier alpha value is -1.88. The van der Waals surface area contributed by atoms with Crippen molar-refractivity contribution in [1.82, 2.24) is 10.2 Å². The number of β-lactam (4-membered cyclic amide) rings is 1. The number of carbonyl (C=O) groups excluding carboxylic acids is 3. The molecule has 6 heteroatoms. The van der Waals surface area contributed by atoms with Gasteiger partial charge in [0.2, 0.25) is 5.91 Å². The van der Waals surface area contributed by atoms with Crippen LogP contribution in [0, 0.1) is 0 Å². The second-order valence-electron chi connectivity index (χ2n) is 4.24. The second-order valence-corrected chi connectivity index (χ2v) is 4.55. The molecule has 0 spiro atoms. The van der Waals surface area contributed by atoms with Crippen molar-refractivity contribution >= 4 is 29.3 Å². The lowest BCUT2D eigenvalue weighted by molar-refractivity contribution is -0.134. The summed E-state index contributed by atoms with van der Waals surface area (Å²) in [4.78, 5) is 36.8. The third-order valence-electron chi connectivity index (χ3n) is 3.25. The minimum absolute atomic E-state index is 0.170. The van der Waals surface area contributed by atoms with E-state index in [-0.39, 0.29) is 17.8 Å². The molecule has 18 heavy (non-hydrogen) atoms. The maximum atomic E-state index is 12.1. The molecule has 0 aromatic heterocycles. The van der Waals surface area contributed by atoms with E-state index in [1.807, 2.05) is 0 Å². The molecule has 1 aromatic carbocycles. The lowest BCUT2D eigenvalue weighted by Crippen LogP contribution is -2.70. The first-order chi connectivity index (χ1) is 8.65. The molecule has 3 rings (SSSR count). The Bertz CT molecular complexity index is 537. The van der Waals surface area contributed by atoms with Crippen molar-refractivity contribution in [1.29, 1.82) is 0 Å². The van der Waals surface area contributed by atoms with E-state index in [4.69, 9.17) is 11.6 Å². The average molecular weight is 265 g/mol. The third-order valence-corrected chi connectivity index (χ3v) is 3.58. The largest absolute Gasteiger partial charge is 0.348 e. The highest BCUT2D eigenvalue weighted by Crippen LogP contribution is 2.28. The van der Waals surface area contributed by atoms with Crippen LogP contribution in [-0.2, 0) is 4.79 Å². The molecule has 0 saturated carbocycles. The zero-order valence-corrected chi connectivity index (χ0v) is 9.98. The summed E-state index contributed by atoms with van der Waals surface area (Å²) < 4.78 is 0. The Morgan fingerprint density at radius 1 is 1.11 bits per heavy atom. The lowest BCUT2D eigenvalue weighted by Gasteiger charge is -2.39. The van der Waals surface area contributed by atoms with E-state index >= 15 is 0 Å². The Morgan fingerprint density at radius 3 is 2.11 bits per heavy atom. The van der Waals surface area contributed by atoms with Crippen molar-refractivity contribution in [2.24, 2.45) is 0 Å². The number of hydrogen-bond acceptors (Lipinski definition) is 3. The van der Waals surface area contributed by atoms with E-state index in [1.54, 1.807) is 24.3 Å². The number of nitrogens with one attached hydrogen (secondary N) is 1. The molecule has 5 nitrogen and oxygen atoms in total. The summed E-state index contributed by atoms with van der Waals surface area (Å²) in [5, 5.41) is 2.57. The van der Waals surface area contributed by atoms with Gasteiger partial charge in [0.05, 0.1) is 17.2 Å². The molecule has 1 saturated heterocycles. The van der Waals surface area contributed by atoms with Gasteiger partial charge in [-0.25, -0.2) is 0 Å². The predicted molar refractivity (Wildman–Crippen MR) is 63.4 cm³/mol. The summed E-state index contributed by atoms with van der Waals surface area (Å²) >= 11 is 5.68. The van der Waals surface area contributed by atoms with Crippen LogP contribution < -0.4 is 5.32 Å². The van der Waals surface area contributed by atoms with E-state index in [0.717, 1.165) is 4.90 Å². The summed E-state index contributed by atoms with van der Waals surface area (Å²) in [5.41, 5.74) is 0.686. The minimum atomic E-state index is -0.782. The fraction of sp³-hybridized carbons (Fsp3) is 0.250. The number of alkyl halides is 1. The van der Waals surface area contributed by atoms with Gasteiger partial charge in [-0.2, -0.15) is 0 Å². The molecule has 2 unspecified atom stereocenters. The number of imide groups is 1. The summed E-state index contributed by atoms with van der Waals surface area (Å²) in [7, 11) is 0. The standard InChI is InChI=1S/C12H9ClN2O3/c13-5-8-9(10(16)14-8)15-11(17)6-3-1-2-4-7(6)12(15)18/h1-4,8-9H,5H2,(H,14,16). The molecule has 2 aliphatic heterocycles. The Kier molecular flexibility index (Phi) is 2.38. The number of hydrogen-bond donors (Lipinski definition) is 1. The first-order valence-electron chi connectivity index (χ1n) is 5.48. The van der Waals surface area contributed by atoms with Crippen molar-refractivity contribution in [2.75, 3.05) is 5.88 Å². The smallest absolute Gasteiger partial charge is 0.262 e. The Labute approximate surface area is 108 Å². The quantitative estimate of drug-likeness (QED) is 0.477. The Morgan fingerprint density at radius 2 is 1.67 bits per heavy atom. The number of benzene rings is 1. The second kappa shape index (κ2) is 3.81. The molecule has 1 N–H and O–H groups in total. The zero-order valence-electron chi connectivity index (χ0n) is 9.22. The van der Waals surface area contributed by atoms with Gasteiger partial charge in [-0.1, -0.05) is 12.1 Å². The molecule has 2 atom stereocenters.